The Morgan fingerprint density at radius 2 is 0.679 bits per heavy atom. The quantitative estimate of drug-likeness (QED) is 0.0116. The van der Waals surface area contributed by atoms with Crippen LogP contribution in [0.4, 0.5) is 46.5 Å². The predicted octanol–water partition coefficient (Wildman–Crippen LogP) is 14.1. The number of hydrogen-bond donors (Lipinski definition) is 0. The molecule has 2 aromatic carbocycles. The summed E-state index contributed by atoms with van der Waals surface area (Å²) < 4.78 is 121. The van der Waals surface area contributed by atoms with E-state index in [2.05, 4.69) is 20.1 Å². The molecule has 2 aromatic rings. The van der Waals surface area contributed by atoms with Gasteiger partial charge in [-0.25, -0.2) is 44.7 Å². The molecule has 0 aliphatic carbocycles. The van der Waals surface area contributed by atoms with Crippen molar-refractivity contribution >= 4 is 44.9 Å². The van der Waals surface area contributed by atoms with Gasteiger partial charge in [0.05, 0.1) is 13.2 Å². The van der Waals surface area contributed by atoms with Crippen molar-refractivity contribution in [2.24, 2.45) is 10.2 Å². The number of unbranched alkanes of at least 4 members (excludes halogenated alkanes) is 16. The summed E-state index contributed by atoms with van der Waals surface area (Å²) in [7, 11) is 3.79. The summed E-state index contributed by atoms with van der Waals surface area (Å²) in [6, 6.07) is 0. The SMILES string of the molecule is [N-]=[N+]=Nc1c(F)c(F)c(C(=O)OCCCCCCCCCCCSSCCCCCCCCCCCOC(=O)c2c(F)c(F)c(N=[N+]=[N-])c(F)c2F)c(F)c1F. The van der Waals surface area contributed by atoms with Crippen molar-refractivity contribution in [2.45, 2.75) is 116 Å². The molecule has 0 saturated heterocycles. The van der Waals surface area contributed by atoms with Gasteiger partial charge in [0.15, 0.2) is 46.5 Å². The van der Waals surface area contributed by atoms with Gasteiger partial charge in [-0.3, -0.25) is 0 Å². The van der Waals surface area contributed by atoms with Gasteiger partial charge in [-0.15, -0.1) is 0 Å². The van der Waals surface area contributed by atoms with Crippen LogP contribution in [0.5, 0.6) is 0 Å². The third-order valence-corrected chi connectivity index (χ3v) is 11.0. The molecule has 0 saturated carbocycles. The molecular weight excluding hydrogens is 797 g/mol. The number of carbonyl (C=O) groups excluding carboxylic acids is 2. The summed E-state index contributed by atoms with van der Waals surface area (Å²) in [6.45, 7) is -0.331. The maximum atomic E-state index is 14.0. The van der Waals surface area contributed by atoms with Crippen LogP contribution in [0.25, 0.3) is 20.9 Å². The zero-order valence-electron chi connectivity index (χ0n) is 30.7. The van der Waals surface area contributed by atoms with Crippen LogP contribution in [0.2, 0.25) is 0 Å². The van der Waals surface area contributed by atoms with E-state index >= 15 is 0 Å². The lowest BCUT2D eigenvalue weighted by atomic mass is 10.1. The molecule has 0 amide bonds. The Morgan fingerprint density at radius 3 is 0.946 bits per heavy atom. The van der Waals surface area contributed by atoms with E-state index in [-0.39, 0.29) is 13.2 Å². The van der Waals surface area contributed by atoms with Gasteiger partial charge in [0, 0.05) is 21.3 Å². The Hall–Kier alpha value is -3.86. The predicted molar refractivity (Wildman–Crippen MR) is 199 cm³/mol. The molecular formula is C36H44F8N6O4S2. The summed E-state index contributed by atoms with van der Waals surface area (Å²) >= 11 is 0. The highest BCUT2D eigenvalue weighted by molar-refractivity contribution is 8.76. The zero-order chi connectivity index (χ0) is 41.3. The molecule has 10 nitrogen and oxygen atoms in total. The molecule has 20 heteroatoms. The van der Waals surface area contributed by atoms with E-state index in [1.54, 1.807) is 0 Å². The molecule has 0 fully saturated rings. The topological polar surface area (TPSA) is 150 Å². The van der Waals surface area contributed by atoms with Crippen LogP contribution < -0.4 is 0 Å². The van der Waals surface area contributed by atoms with Crippen molar-refractivity contribution in [1.82, 2.24) is 0 Å². The first-order valence-corrected chi connectivity index (χ1v) is 20.9. The summed E-state index contributed by atoms with van der Waals surface area (Å²) in [5.41, 5.74) is 10.6. The van der Waals surface area contributed by atoms with E-state index in [9.17, 15) is 44.7 Å². The second-order valence-corrected chi connectivity index (χ2v) is 15.3. The molecule has 0 aromatic heterocycles. The Morgan fingerprint density at radius 1 is 0.429 bits per heavy atom. The monoisotopic (exact) mass is 840 g/mol. The third-order valence-electron chi connectivity index (χ3n) is 8.47. The highest BCUT2D eigenvalue weighted by Gasteiger charge is 2.31. The molecule has 0 unspecified atom stereocenters. The number of carbonyl (C=O) groups is 2. The van der Waals surface area contributed by atoms with E-state index < -0.39 is 81.0 Å². The van der Waals surface area contributed by atoms with Crippen molar-refractivity contribution in [3.8, 4) is 0 Å². The van der Waals surface area contributed by atoms with Crippen LogP contribution in [0, 0.1) is 46.5 Å². The molecule has 0 heterocycles. The average Bonchev–Trinajstić information content (AvgIpc) is 3.18. The summed E-state index contributed by atoms with van der Waals surface area (Å²) in [6.07, 6.45) is 17.3. The largest absolute Gasteiger partial charge is 0.462 e. The molecule has 0 spiro atoms. The number of azide groups is 2. The Kier molecular flexibility index (Phi) is 23.9. The van der Waals surface area contributed by atoms with Gasteiger partial charge >= 0.3 is 11.9 Å². The lowest BCUT2D eigenvalue weighted by molar-refractivity contribution is 0.0474. The van der Waals surface area contributed by atoms with Crippen LogP contribution in [0.3, 0.4) is 0 Å². The number of rotatable bonds is 29. The number of benzene rings is 2. The van der Waals surface area contributed by atoms with Crippen molar-refractivity contribution < 1.29 is 54.2 Å². The van der Waals surface area contributed by atoms with E-state index in [0.717, 1.165) is 101 Å². The van der Waals surface area contributed by atoms with Gasteiger partial charge in [0.25, 0.3) is 0 Å². The second kappa shape index (κ2) is 27.7. The first kappa shape index (κ1) is 48.3. The fraction of sp³-hybridized carbons (Fsp3) is 0.611. The number of ether oxygens (including phenoxy) is 2. The van der Waals surface area contributed by atoms with Gasteiger partial charge in [-0.1, -0.05) is 122 Å². The maximum Gasteiger partial charge on any atom is 0.344 e. The van der Waals surface area contributed by atoms with E-state index in [0.29, 0.717) is 25.7 Å². The molecule has 0 atom stereocenters. The number of nitrogens with zero attached hydrogens (tertiary/aromatic N) is 6. The van der Waals surface area contributed by atoms with Gasteiger partial charge in [0.2, 0.25) is 0 Å². The van der Waals surface area contributed by atoms with Crippen molar-refractivity contribution in [3.05, 3.63) is 78.6 Å². The minimum absolute atomic E-state index is 0.166. The normalized spacial score (nSPS) is 10.9. The summed E-state index contributed by atoms with van der Waals surface area (Å²) in [5.74, 6) is -16.7. The zero-order valence-corrected chi connectivity index (χ0v) is 32.3. The number of halogens is 8. The van der Waals surface area contributed by atoms with Gasteiger partial charge in [-0.05, 0) is 36.7 Å². The molecule has 2 rings (SSSR count). The third kappa shape index (κ3) is 15.9. The van der Waals surface area contributed by atoms with Crippen molar-refractivity contribution in [1.29, 1.82) is 0 Å². The summed E-state index contributed by atoms with van der Waals surface area (Å²) in [4.78, 5) is 28.2. The lowest BCUT2D eigenvalue weighted by Gasteiger charge is -2.09. The Bertz CT molecular complexity index is 1520. The molecule has 0 radical (unpaired) electrons. The van der Waals surface area contributed by atoms with Crippen LogP contribution in [-0.4, -0.2) is 36.7 Å². The lowest BCUT2D eigenvalue weighted by Crippen LogP contribution is -2.14. The van der Waals surface area contributed by atoms with Crippen LogP contribution in [0.15, 0.2) is 10.2 Å². The molecule has 0 aliphatic heterocycles. The first-order valence-electron chi connectivity index (χ1n) is 18.4. The molecule has 56 heavy (non-hydrogen) atoms. The Labute approximate surface area is 327 Å². The van der Waals surface area contributed by atoms with Crippen LogP contribution in [-0.2, 0) is 9.47 Å². The second-order valence-electron chi connectivity index (χ2n) is 12.6. The van der Waals surface area contributed by atoms with Gasteiger partial charge < -0.3 is 9.47 Å². The fourth-order valence-electron chi connectivity index (χ4n) is 5.46. The summed E-state index contributed by atoms with van der Waals surface area (Å²) in [5, 5.41) is 5.15. The fourth-order valence-corrected chi connectivity index (χ4v) is 7.75. The van der Waals surface area contributed by atoms with Crippen LogP contribution >= 0.6 is 21.6 Å². The van der Waals surface area contributed by atoms with E-state index in [4.69, 9.17) is 20.5 Å². The average molecular weight is 841 g/mol. The van der Waals surface area contributed by atoms with E-state index in [1.807, 2.05) is 21.6 Å². The van der Waals surface area contributed by atoms with Crippen molar-refractivity contribution in [3.63, 3.8) is 0 Å². The van der Waals surface area contributed by atoms with Gasteiger partial charge in [-0.2, -0.15) is 0 Å². The highest BCUT2D eigenvalue weighted by Crippen LogP contribution is 2.32. The molecule has 0 N–H and O–H groups in total. The van der Waals surface area contributed by atoms with Crippen molar-refractivity contribution in [2.75, 3.05) is 24.7 Å². The number of esters is 2. The smallest absolute Gasteiger partial charge is 0.344 e. The molecule has 0 aliphatic rings. The highest BCUT2D eigenvalue weighted by atomic mass is 33.1. The molecule has 310 valence electrons. The minimum Gasteiger partial charge on any atom is -0.462 e. The van der Waals surface area contributed by atoms with Crippen LogP contribution in [0.1, 0.15) is 136 Å². The number of hydrogen-bond acceptors (Lipinski definition) is 8. The van der Waals surface area contributed by atoms with Gasteiger partial charge in [0.1, 0.15) is 22.5 Å². The Balaban J connectivity index is 1.35. The first-order chi connectivity index (χ1) is 27.0. The molecule has 0 bridgehead atoms. The standard InChI is InChI=1S/C36H44F8N6O4S2/c37-25-23(26(38)30(42)33(29(25)41)47-49-45)35(51)53-19-15-11-7-3-1-5-9-13-17-21-55-56-22-18-14-10-6-2-4-8-12-16-20-54-36(52)24-27(39)31(43)34(48-50-46)32(44)28(24)40/h1-22H2. The van der Waals surface area contributed by atoms with E-state index in [1.165, 1.54) is 0 Å². The maximum absolute atomic E-state index is 14.0. The minimum atomic E-state index is -1.98.